The van der Waals surface area contributed by atoms with Crippen LogP contribution in [0, 0.1) is 12.8 Å². The van der Waals surface area contributed by atoms with Crippen molar-refractivity contribution >= 4 is 18.0 Å². The van der Waals surface area contributed by atoms with E-state index < -0.39 is 11.8 Å². The molecule has 0 radical (unpaired) electrons. The molecule has 0 saturated heterocycles. The number of carboxylic acids is 1. The van der Waals surface area contributed by atoms with Crippen molar-refractivity contribution in [3.63, 3.8) is 0 Å². The van der Waals surface area contributed by atoms with E-state index in [9.17, 15) is 19.5 Å². The van der Waals surface area contributed by atoms with E-state index in [2.05, 4.69) is 0 Å². The number of allylic oxidation sites excluding steroid dienone is 1. The van der Waals surface area contributed by atoms with Gasteiger partial charge in [0.1, 0.15) is 0 Å². The van der Waals surface area contributed by atoms with E-state index in [-0.39, 0.29) is 29.2 Å². The Balaban J connectivity index is 2.44. The first kappa shape index (κ1) is 21.7. The first-order valence-corrected chi connectivity index (χ1v) is 9.70. The summed E-state index contributed by atoms with van der Waals surface area (Å²) in [7, 11) is 1.40. The fourth-order valence-electron chi connectivity index (χ4n) is 3.75. The van der Waals surface area contributed by atoms with Gasteiger partial charge in [-0.2, -0.15) is 0 Å². The molecule has 0 aliphatic heterocycles. The molecule has 0 spiro atoms. The van der Waals surface area contributed by atoms with Crippen LogP contribution in [0.1, 0.15) is 71.7 Å². The van der Waals surface area contributed by atoms with Crippen LogP contribution in [0.2, 0.25) is 0 Å². The molecule has 1 aromatic carbocycles. The van der Waals surface area contributed by atoms with Crippen LogP contribution >= 0.6 is 0 Å². The Bertz CT molecular complexity index is 772. The lowest BCUT2D eigenvalue weighted by Gasteiger charge is -2.21. The van der Waals surface area contributed by atoms with Crippen LogP contribution in [0.25, 0.3) is 0 Å². The quantitative estimate of drug-likeness (QED) is 0.384. The molecule has 0 atom stereocenters. The minimum absolute atomic E-state index is 0.107. The number of hydrogen-bond acceptors (Lipinski definition) is 5. The van der Waals surface area contributed by atoms with Crippen molar-refractivity contribution in [3.05, 3.63) is 34.4 Å². The van der Waals surface area contributed by atoms with Gasteiger partial charge in [-0.05, 0) is 43.9 Å². The maximum absolute atomic E-state index is 13.0. The van der Waals surface area contributed by atoms with E-state index >= 15 is 0 Å². The Morgan fingerprint density at radius 3 is 2.43 bits per heavy atom. The topological polar surface area (TPSA) is 89.9 Å². The number of aldehydes is 1. The molecule has 1 aliphatic rings. The van der Waals surface area contributed by atoms with Crippen LogP contribution in [0.15, 0.2) is 17.7 Å². The Labute approximate surface area is 165 Å². The lowest BCUT2D eigenvalue weighted by atomic mass is 9.84. The lowest BCUT2D eigenvalue weighted by molar-refractivity contribution is -0.133. The van der Waals surface area contributed by atoms with Gasteiger partial charge in [0.25, 0.3) is 0 Å². The molecule has 0 bridgehead atoms. The number of methoxy groups -OCH3 is 1. The van der Waals surface area contributed by atoms with Crippen molar-refractivity contribution in [3.8, 4) is 11.5 Å². The second-order valence-corrected chi connectivity index (χ2v) is 7.12. The minimum Gasteiger partial charge on any atom is -0.492 e. The minimum atomic E-state index is -1.08. The molecule has 1 saturated carbocycles. The summed E-state index contributed by atoms with van der Waals surface area (Å²) in [6.07, 6.45) is 7.59. The van der Waals surface area contributed by atoms with Gasteiger partial charge in [-0.15, -0.1) is 0 Å². The van der Waals surface area contributed by atoms with Gasteiger partial charge in [-0.3, -0.25) is 9.59 Å². The number of carbonyl (C=O) groups is 3. The Morgan fingerprint density at radius 2 is 1.89 bits per heavy atom. The second-order valence-electron chi connectivity index (χ2n) is 7.12. The standard InChI is InChI=1S/C22H28O6/c1-4-28-21-17(10-14(2)18(13-23)20(21)27-3)19(24)12-16(22(25)26)11-15-8-6-5-7-9-15/h10,12-13,15H,4-9,11H2,1-3H3,(H,25,26)/b16-12+. The van der Waals surface area contributed by atoms with Gasteiger partial charge in [-0.25, -0.2) is 4.79 Å². The Morgan fingerprint density at radius 1 is 1.21 bits per heavy atom. The average Bonchev–Trinajstić information content (AvgIpc) is 2.68. The van der Waals surface area contributed by atoms with Gasteiger partial charge >= 0.3 is 5.97 Å². The van der Waals surface area contributed by atoms with Crippen molar-refractivity contribution in [1.82, 2.24) is 0 Å². The summed E-state index contributed by atoms with van der Waals surface area (Å²) < 4.78 is 10.9. The van der Waals surface area contributed by atoms with Crippen LogP contribution < -0.4 is 9.47 Å². The van der Waals surface area contributed by atoms with Crippen LogP contribution in [0.3, 0.4) is 0 Å². The van der Waals surface area contributed by atoms with Crippen molar-refractivity contribution in [2.45, 2.75) is 52.4 Å². The number of hydrogen-bond donors (Lipinski definition) is 1. The molecule has 0 amide bonds. The number of carboxylic acid groups (broad SMARTS) is 1. The monoisotopic (exact) mass is 388 g/mol. The normalized spacial score (nSPS) is 15.2. The fraction of sp³-hybridized carbons (Fsp3) is 0.500. The number of aryl methyl sites for hydroxylation is 1. The van der Waals surface area contributed by atoms with Crippen molar-refractivity contribution in [1.29, 1.82) is 0 Å². The molecule has 0 unspecified atom stereocenters. The van der Waals surface area contributed by atoms with E-state index in [1.165, 1.54) is 19.6 Å². The van der Waals surface area contributed by atoms with Gasteiger partial charge in [-0.1, -0.05) is 32.1 Å². The van der Waals surface area contributed by atoms with E-state index in [1.54, 1.807) is 19.9 Å². The average molecular weight is 388 g/mol. The molecule has 28 heavy (non-hydrogen) atoms. The SMILES string of the molecule is CCOc1c(C(=O)/C=C(\CC2CCCCC2)C(=O)O)cc(C)c(C=O)c1OC. The fourth-order valence-corrected chi connectivity index (χ4v) is 3.75. The van der Waals surface area contributed by atoms with E-state index in [1.807, 2.05) is 0 Å². The zero-order valence-corrected chi connectivity index (χ0v) is 16.7. The molecule has 6 heteroatoms. The van der Waals surface area contributed by atoms with E-state index in [0.717, 1.165) is 25.7 Å². The zero-order valence-electron chi connectivity index (χ0n) is 16.7. The summed E-state index contributed by atoms with van der Waals surface area (Å²) in [5, 5.41) is 9.59. The number of ketones is 1. The molecule has 6 nitrogen and oxygen atoms in total. The molecule has 0 aromatic heterocycles. The molecule has 1 aliphatic carbocycles. The molecular weight excluding hydrogens is 360 g/mol. The molecule has 2 rings (SSSR count). The van der Waals surface area contributed by atoms with Crippen LogP contribution in [-0.4, -0.2) is 36.9 Å². The lowest BCUT2D eigenvalue weighted by Crippen LogP contribution is -2.13. The van der Waals surface area contributed by atoms with Crippen LogP contribution in [-0.2, 0) is 4.79 Å². The highest BCUT2D eigenvalue weighted by atomic mass is 16.5. The Kier molecular flexibility index (Phi) is 7.79. The highest BCUT2D eigenvalue weighted by Gasteiger charge is 2.24. The van der Waals surface area contributed by atoms with Gasteiger partial charge in [0.2, 0.25) is 0 Å². The second kappa shape index (κ2) is 10.1. The molecule has 1 N–H and O–H groups in total. The van der Waals surface area contributed by atoms with Crippen molar-refractivity contribution in [2.75, 3.05) is 13.7 Å². The first-order chi connectivity index (χ1) is 13.4. The van der Waals surface area contributed by atoms with Crippen molar-refractivity contribution in [2.24, 2.45) is 5.92 Å². The first-order valence-electron chi connectivity index (χ1n) is 9.70. The predicted octanol–water partition coefficient (Wildman–Crippen LogP) is 4.38. The third-order valence-electron chi connectivity index (χ3n) is 5.17. The van der Waals surface area contributed by atoms with Gasteiger partial charge < -0.3 is 14.6 Å². The third kappa shape index (κ3) is 5.00. The summed E-state index contributed by atoms with van der Waals surface area (Å²) in [4.78, 5) is 36.1. The molecule has 152 valence electrons. The van der Waals surface area contributed by atoms with Crippen LogP contribution in [0.4, 0.5) is 0 Å². The van der Waals surface area contributed by atoms with Crippen LogP contribution in [0.5, 0.6) is 11.5 Å². The summed E-state index contributed by atoms with van der Waals surface area (Å²) in [5.41, 5.74) is 1.18. The highest BCUT2D eigenvalue weighted by Crippen LogP contribution is 2.37. The summed E-state index contributed by atoms with van der Waals surface area (Å²) in [6.45, 7) is 3.73. The summed E-state index contributed by atoms with van der Waals surface area (Å²) >= 11 is 0. The van der Waals surface area contributed by atoms with E-state index in [4.69, 9.17) is 9.47 Å². The Hall–Kier alpha value is -2.63. The van der Waals surface area contributed by atoms with Crippen molar-refractivity contribution < 1.29 is 29.0 Å². The van der Waals surface area contributed by atoms with Gasteiger partial charge in [0, 0.05) is 5.57 Å². The van der Waals surface area contributed by atoms with Gasteiger partial charge in [0.15, 0.2) is 23.6 Å². The largest absolute Gasteiger partial charge is 0.492 e. The predicted molar refractivity (Wildman–Crippen MR) is 106 cm³/mol. The van der Waals surface area contributed by atoms with E-state index in [0.29, 0.717) is 29.8 Å². The number of ether oxygens (including phenoxy) is 2. The number of aliphatic carboxylic acids is 1. The molecule has 1 fully saturated rings. The zero-order chi connectivity index (χ0) is 20.7. The number of carbonyl (C=O) groups excluding carboxylic acids is 2. The smallest absolute Gasteiger partial charge is 0.331 e. The number of rotatable bonds is 9. The maximum Gasteiger partial charge on any atom is 0.331 e. The maximum atomic E-state index is 13.0. The summed E-state index contributed by atoms with van der Waals surface area (Å²) in [6, 6.07) is 1.55. The third-order valence-corrected chi connectivity index (χ3v) is 5.17. The summed E-state index contributed by atoms with van der Waals surface area (Å²) in [5.74, 6) is -0.885. The highest BCUT2D eigenvalue weighted by molar-refractivity contribution is 6.11. The van der Waals surface area contributed by atoms with Gasteiger partial charge in [0.05, 0.1) is 24.8 Å². The molecule has 1 aromatic rings. The molecule has 0 heterocycles. The number of benzene rings is 1. The molecular formula is C22H28O6.